The lowest BCUT2D eigenvalue weighted by molar-refractivity contribution is -0.384. The molecular weight excluding hydrogens is 264 g/mol. The Hall–Kier alpha value is -2.02. The molecule has 1 unspecified atom stereocenters. The van der Waals surface area contributed by atoms with Gasteiger partial charge in [0.1, 0.15) is 5.69 Å². The van der Waals surface area contributed by atoms with Crippen molar-refractivity contribution in [3.63, 3.8) is 0 Å². The molecule has 1 saturated carbocycles. The highest BCUT2D eigenvalue weighted by Crippen LogP contribution is 2.42. The van der Waals surface area contributed by atoms with E-state index < -0.39 is 4.92 Å². The number of hydrogen-bond acceptors (Lipinski definition) is 6. The minimum absolute atomic E-state index is 0.00370. The van der Waals surface area contributed by atoms with E-state index in [1.807, 2.05) is 0 Å². The van der Waals surface area contributed by atoms with E-state index in [0.29, 0.717) is 29.7 Å². The minimum Gasteiger partial charge on any atom is -0.454 e. The first-order chi connectivity index (χ1) is 9.69. The van der Waals surface area contributed by atoms with Crippen LogP contribution >= 0.6 is 0 Å². The third-order valence-electron chi connectivity index (χ3n) is 3.57. The van der Waals surface area contributed by atoms with Gasteiger partial charge in [-0.2, -0.15) is 0 Å². The molecule has 3 rings (SSSR count). The molecule has 108 valence electrons. The van der Waals surface area contributed by atoms with Crippen LogP contribution in [0.2, 0.25) is 0 Å². The van der Waals surface area contributed by atoms with Crippen LogP contribution in [0.15, 0.2) is 12.1 Å². The van der Waals surface area contributed by atoms with Crippen molar-refractivity contribution in [1.82, 2.24) is 0 Å². The summed E-state index contributed by atoms with van der Waals surface area (Å²) in [6.07, 6.45) is 2.25. The van der Waals surface area contributed by atoms with Gasteiger partial charge in [0.25, 0.3) is 5.69 Å². The molecule has 1 fully saturated rings. The molecule has 2 aliphatic rings. The van der Waals surface area contributed by atoms with Crippen LogP contribution in [0.1, 0.15) is 12.8 Å². The van der Waals surface area contributed by atoms with Crippen molar-refractivity contribution in [2.75, 3.05) is 25.8 Å². The summed E-state index contributed by atoms with van der Waals surface area (Å²) in [7, 11) is 1.63. The van der Waals surface area contributed by atoms with Gasteiger partial charge < -0.3 is 19.5 Å². The lowest BCUT2D eigenvalue weighted by Gasteiger charge is -2.18. The summed E-state index contributed by atoms with van der Waals surface area (Å²) < 4.78 is 15.6. The van der Waals surface area contributed by atoms with Gasteiger partial charge in [-0.15, -0.1) is 0 Å². The van der Waals surface area contributed by atoms with E-state index in [9.17, 15) is 10.1 Å². The van der Waals surface area contributed by atoms with Crippen LogP contribution in [-0.2, 0) is 4.74 Å². The highest BCUT2D eigenvalue weighted by atomic mass is 16.7. The zero-order valence-electron chi connectivity index (χ0n) is 11.1. The number of nitrogens with one attached hydrogen (secondary N) is 1. The minimum atomic E-state index is -0.416. The second-order valence-corrected chi connectivity index (χ2v) is 5.02. The molecule has 1 aromatic carbocycles. The van der Waals surface area contributed by atoms with Crippen molar-refractivity contribution in [2.45, 2.75) is 18.9 Å². The summed E-state index contributed by atoms with van der Waals surface area (Å²) in [5.41, 5.74) is 0.448. The molecule has 0 spiro atoms. The van der Waals surface area contributed by atoms with E-state index in [4.69, 9.17) is 14.2 Å². The predicted molar refractivity (Wildman–Crippen MR) is 71.2 cm³/mol. The zero-order valence-corrected chi connectivity index (χ0v) is 11.1. The molecule has 1 N–H and O–H groups in total. The third-order valence-corrected chi connectivity index (χ3v) is 3.57. The van der Waals surface area contributed by atoms with Crippen LogP contribution in [0, 0.1) is 16.0 Å². The number of nitro groups is 1. The summed E-state index contributed by atoms with van der Waals surface area (Å²) in [6.45, 7) is 0.621. The van der Waals surface area contributed by atoms with Gasteiger partial charge in [-0.05, 0) is 18.8 Å². The number of hydrogen-bond donors (Lipinski definition) is 1. The maximum atomic E-state index is 11.2. The highest BCUT2D eigenvalue weighted by Gasteiger charge is 2.33. The van der Waals surface area contributed by atoms with Gasteiger partial charge in [-0.1, -0.05) is 0 Å². The molecule has 1 atom stereocenters. The van der Waals surface area contributed by atoms with Gasteiger partial charge in [0.05, 0.1) is 23.6 Å². The largest absolute Gasteiger partial charge is 0.454 e. The Labute approximate surface area is 116 Å². The van der Waals surface area contributed by atoms with Crippen molar-refractivity contribution in [3.8, 4) is 11.5 Å². The number of benzene rings is 1. The normalized spacial score (nSPS) is 17.9. The van der Waals surface area contributed by atoms with E-state index >= 15 is 0 Å². The maximum absolute atomic E-state index is 11.2. The van der Waals surface area contributed by atoms with Crippen LogP contribution < -0.4 is 14.8 Å². The van der Waals surface area contributed by atoms with E-state index in [2.05, 4.69) is 5.32 Å². The molecule has 7 heteroatoms. The van der Waals surface area contributed by atoms with Crippen molar-refractivity contribution >= 4 is 11.4 Å². The van der Waals surface area contributed by atoms with Crippen LogP contribution in [-0.4, -0.2) is 31.5 Å². The summed E-state index contributed by atoms with van der Waals surface area (Å²) in [5.74, 6) is 1.46. The Morgan fingerprint density at radius 2 is 2.15 bits per heavy atom. The number of rotatable bonds is 6. The number of anilines is 1. The average molecular weight is 280 g/mol. The molecule has 0 amide bonds. The maximum Gasteiger partial charge on any atom is 0.296 e. The average Bonchev–Trinajstić information content (AvgIpc) is 3.16. The van der Waals surface area contributed by atoms with Crippen LogP contribution in [0.3, 0.4) is 0 Å². The van der Waals surface area contributed by atoms with Gasteiger partial charge in [-0.3, -0.25) is 10.1 Å². The Morgan fingerprint density at radius 1 is 1.45 bits per heavy atom. The first-order valence-corrected chi connectivity index (χ1v) is 6.52. The monoisotopic (exact) mass is 280 g/mol. The van der Waals surface area contributed by atoms with Gasteiger partial charge in [0.15, 0.2) is 11.5 Å². The number of methoxy groups -OCH3 is 1. The Kier molecular flexibility index (Phi) is 3.35. The lowest BCUT2D eigenvalue weighted by Crippen LogP contribution is -2.27. The van der Waals surface area contributed by atoms with Crippen molar-refractivity contribution in [2.24, 2.45) is 5.92 Å². The second kappa shape index (κ2) is 5.16. The van der Waals surface area contributed by atoms with Gasteiger partial charge in [-0.25, -0.2) is 0 Å². The van der Waals surface area contributed by atoms with E-state index in [1.165, 1.54) is 6.07 Å². The number of nitrogens with zero attached hydrogens (tertiary/aromatic N) is 1. The fraction of sp³-hybridized carbons (Fsp3) is 0.538. The van der Waals surface area contributed by atoms with Crippen molar-refractivity contribution in [1.29, 1.82) is 0 Å². The van der Waals surface area contributed by atoms with Crippen molar-refractivity contribution in [3.05, 3.63) is 22.2 Å². The molecule has 1 aliphatic heterocycles. The number of ether oxygens (including phenoxy) is 3. The molecule has 0 bridgehead atoms. The zero-order chi connectivity index (χ0) is 14.1. The molecular formula is C13H16N2O5. The standard InChI is InChI=1S/C13H16N2O5/c1-18-6-10(8-2-3-8)14-9-4-12-13(20-7-19-12)5-11(9)15(16)17/h4-5,8,10,14H,2-3,6-7H2,1H3. The van der Waals surface area contributed by atoms with Crippen LogP contribution in [0.25, 0.3) is 0 Å². The lowest BCUT2D eigenvalue weighted by atomic mass is 10.1. The van der Waals surface area contributed by atoms with Gasteiger partial charge in [0.2, 0.25) is 6.79 Å². The number of fused-ring (bicyclic) bond motifs is 1. The predicted octanol–water partition coefficient (Wildman–Crippen LogP) is 2.16. The summed E-state index contributed by atoms with van der Waals surface area (Å²) in [6, 6.07) is 3.12. The molecule has 20 heavy (non-hydrogen) atoms. The third kappa shape index (κ3) is 2.49. The van der Waals surface area contributed by atoms with Crippen LogP contribution in [0.5, 0.6) is 11.5 Å². The smallest absolute Gasteiger partial charge is 0.296 e. The Morgan fingerprint density at radius 3 is 2.75 bits per heavy atom. The van der Waals surface area contributed by atoms with Gasteiger partial charge in [0, 0.05) is 13.2 Å². The summed E-state index contributed by atoms with van der Waals surface area (Å²) >= 11 is 0. The van der Waals surface area contributed by atoms with E-state index in [0.717, 1.165) is 12.8 Å². The SMILES string of the molecule is COCC(Nc1cc2c(cc1[N+](=O)[O-])OCO2)C1CC1. The van der Waals surface area contributed by atoms with Crippen LogP contribution in [0.4, 0.5) is 11.4 Å². The molecule has 1 heterocycles. The summed E-state index contributed by atoms with van der Waals surface area (Å²) in [4.78, 5) is 10.8. The highest BCUT2D eigenvalue weighted by molar-refractivity contribution is 5.69. The quantitative estimate of drug-likeness (QED) is 0.635. The molecule has 1 aromatic rings. The first kappa shape index (κ1) is 13.0. The topological polar surface area (TPSA) is 82.9 Å². The van der Waals surface area contributed by atoms with E-state index in [1.54, 1.807) is 13.2 Å². The molecule has 7 nitrogen and oxygen atoms in total. The molecule has 1 aliphatic carbocycles. The Balaban J connectivity index is 1.88. The second-order valence-electron chi connectivity index (χ2n) is 5.02. The van der Waals surface area contributed by atoms with Gasteiger partial charge >= 0.3 is 0 Å². The fourth-order valence-electron chi connectivity index (χ4n) is 2.37. The number of nitro benzene ring substituents is 1. The molecule has 0 radical (unpaired) electrons. The molecule has 0 saturated heterocycles. The summed E-state index contributed by atoms with van der Waals surface area (Å²) in [5, 5.41) is 14.4. The van der Waals surface area contributed by atoms with Crippen molar-refractivity contribution < 1.29 is 19.1 Å². The van der Waals surface area contributed by atoms with E-state index in [-0.39, 0.29) is 18.5 Å². The fourth-order valence-corrected chi connectivity index (χ4v) is 2.37. The molecule has 0 aromatic heterocycles. The Bertz CT molecular complexity index is 530. The first-order valence-electron chi connectivity index (χ1n) is 6.52.